The number of piperidine rings is 1. The monoisotopic (exact) mass is 620 g/mol. The molecule has 3 aliphatic rings. The first kappa shape index (κ1) is 30.5. The van der Waals surface area contributed by atoms with E-state index in [1.54, 1.807) is 6.92 Å². The Hall–Kier alpha value is -0.492. The number of hydrogen-bond donors (Lipinski definition) is 2. The van der Waals surface area contributed by atoms with Gasteiger partial charge in [0.1, 0.15) is 0 Å². The summed E-state index contributed by atoms with van der Waals surface area (Å²) in [5, 5.41) is 22.1. The average molecular weight is 621 g/mol. The molecule has 1 aliphatic heterocycles. The Balaban J connectivity index is 0.000000559. The second-order valence-corrected chi connectivity index (χ2v) is 9.11. The molecule has 2 saturated carbocycles. The summed E-state index contributed by atoms with van der Waals surface area (Å²) in [5.41, 5.74) is 9.25. The van der Waals surface area contributed by atoms with Crippen LogP contribution in [-0.2, 0) is 30.7 Å². The molecule has 2 aliphatic carbocycles. The van der Waals surface area contributed by atoms with E-state index in [2.05, 4.69) is 4.90 Å². The minimum Gasteiger partial charge on any atom is -0.549 e. The summed E-state index contributed by atoms with van der Waals surface area (Å²) in [6, 6.07) is 1.09. The second-order valence-electron chi connectivity index (χ2n) is 9.11. The van der Waals surface area contributed by atoms with Crippen LogP contribution in [0.3, 0.4) is 0 Å². The van der Waals surface area contributed by atoms with E-state index in [9.17, 15) is 19.8 Å². The first-order chi connectivity index (χ1) is 14.3. The first-order valence-corrected chi connectivity index (χ1v) is 12.0. The van der Waals surface area contributed by atoms with E-state index in [0.29, 0.717) is 18.5 Å². The molecule has 0 atom stereocenters. The quantitative estimate of drug-likeness (QED) is 0.404. The number of carboxylic acids is 2. The van der Waals surface area contributed by atoms with Gasteiger partial charge in [-0.1, -0.05) is 39.0 Å². The van der Waals surface area contributed by atoms with Gasteiger partial charge in [-0.15, -0.1) is 0 Å². The zero-order chi connectivity index (χ0) is 22.4. The number of likely N-dealkylation sites (tertiary alicyclic amines) is 1. The van der Waals surface area contributed by atoms with E-state index in [-0.39, 0.29) is 33.9 Å². The standard InChI is InChI=1S/C13H23NO4.2C5H11N.Pt/c1-2-13(11(15)16,12(17)18)7-6-10-14-8-4-3-5-9-14;2*6-5-3-1-2-4-5;/h2-10H2,1H3,(H,15,16)(H,17,18);2*5H,1-4,6H2;/q;;;+2/p-2. The number of nitrogens with two attached hydrogens (primary N) is 2. The van der Waals surface area contributed by atoms with Crippen molar-refractivity contribution in [2.45, 2.75) is 109 Å². The first-order valence-electron chi connectivity index (χ1n) is 12.0. The number of carbonyl (C=O) groups is 2. The van der Waals surface area contributed by atoms with Crippen molar-refractivity contribution >= 4 is 11.9 Å². The van der Waals surface area contributed by atoms with Gasteiger partial charge in [0, 0.05) is 17.5 Å². The fourth-order valence-electron chi connectivity index (χ4n) is 4.46. The largest absolute Gasteiger partial charge is 2.00 e. The second kappa shape index (κ2) is 17.0. The number of nitrogens with zero attached hydrogens (tertiary/aromatic N) is 1. The third-order valence-electron chi connectivity index (χ3n) is 6.71. The van der Waals surface area contributed by atoms with Crippen molar-refractivity contribution in [2.75, 3.05) is 19.6 Å². The SMILES string of the molecule is CCC(CCCN1CCCCC1)(C(=O)[O-])C(=O)[O-].NC1CCCC1.NC1CCCC1.[Pt+2]. The minimum atomic E-state index is -1.82. The molecule has 0 unspecified atom stereocenters. The molecule has 31 heavy (non-hydrogen) atoms. The third kappa shape index (κ3) is 11.8. The van der Waals surface area contributed by atoms with E-state index >= 15 is 0 Å². The minimum absolute atomic E-state index is 0. The van der Waals surface area contributed by atoms with Crippen LogP contribution in [0.4, 0.5) is 0 Å². The molecule has 1 heterocycles. The fourth-order valence-corrected chi connectivity index (χ4v) is 4.46. The van der Waals surface area contributed by atoms with Gasteiger partial charge in [0.2, 0.25) is 0 Å². The smallest absolute Gasteiger partial charge is 0.549 e. The third-order valence-corrected chi connectivity index (χ3v) is 6.71. The van der Waals surface area contributed by atoms with Gasteiger partial charge in [0.15, 0.2) is 0 Å². The van der Waals surface area contributed by atoms with Crippen LogP contribution in [0.1, 0.15) is 96.8 Å². The predicted octanol–water partition coefficient (Wildman–Crippen LogP) is 0.922. The van der Waals surface area contributed by atoms with Crippen LogP contribution < -0.4 is 21.7 Å². The van der Waals surface area contributed by atoms with Gasteiger partial charge in [0.25, 0.3) is 0 Å². The van der Waals surface area contributed by atoms with Gasteiger partial charge in [0.05, 0.1) is 11.9 Å². The fraction of sp³-hybridized carbons (Fsp3) is 0.913. The van der Waals surface area contributed by atoms with Gasteiger partial charge in [-0.3, -0.25) is 0 Å². The van der Waals surface area contributed by atoms with Crippen LogP contribution in [0.15, 0.2) is 0 Å². The Morgan fingerprint density at radius 1 is 0.839 bits per heavy atom. The van der Waals surface area contributed by atoms with Crippen molar-refractivity contribution in [2.24, 2.45) is 16.9 Å². The number of rotatable bonds is 7. The average Bonchev–Trinajstić information content (AvgIpc) is 3.40. The van der Waals surface area contributed by atoms with Gasteiger partial charge >= 0.3 is 21.1 Å². The number of hydrogen-bond acceptors (Lipinski definition) is 7. The Bertz CT molecular complexity index is 461. The molecule has 0 aromatic heterocycles. The molecule has 0 amide bonds. The summed E-state index contributed by atoms with van der Waals surface area (Å²) in [6.07, 6.45) is 14.7. The Kier molecular flexibility index (Phi) is 16.8. The zero-order valence-electron chi connectivity index (χ0n) is 19.2. The summed E-state index contributed by atoms with van der Waals surface area (Å²) in [4.78, 5) is 24.3. The summed E-state index contributed by atoms with van der Waals surface area (Å²) >= 11 is 0. The van der Waals surface area contributed by atoms with E-state index in [0.717, 1.165) is 19.6 Å². The van der Waals surface area contributed by atoms with Gasteiger partial charge in [-0.05, 0) is 77.4 Å². The van der Waals surface area contributed by atoms with Crippen molar-refractivity contribution in [3.8, 4) is 0 Å². The van der Waals surface area contributed by atoms with Crippen molar-refractivity contribution in [3.05, 3.63) is 0 Å². The Morgan fingerprint density at radius 3 is 1.55 bits per heavy atom. The summed E-state index contributed by atoms with van der Waals surface area (Å²) < 4.78 is 0. The molecule has 3 fully saturated rings. The van der Waals surface area contributed by atoms with Gasteiger partial charge in [-0.25, -0.2) is 0 Å². The van der Waals surface area contributed by atoms with Crippen LogP contribution in [0.5, 0.6) is 0 Å². The normalized spacial score (nSPS) is 20.1. The maximum Gasteiger partial charge on any atom is 2.00 e. The molecule has 0 aromatic carbocycles. The molecule has 3 rings (SSSR count). The topological polar surface area (TPSA) is 136 Å². The number of aliphatic carboxylic acids is 2. The summed E-state index contributed by atoms with van der Waals surface area (Å²) in [5.74, 6) is -3.05. The molecular weight excluding hydrogens is 577 g/mol. The predicted molar refractivity (Wildman–Crippen MR) is 115 cm³/mol. The molecule has 184 valence electrons. The Labute approximate surface area is 203 Å². The number of carbonyl (C=O) groups excluding carboxylic acids is 2. The van der Waals surface area contributed by atoms with Crippen LogP contribution in [0.2, 0.25) is 0 Å². The van der Waals surface area contributed by atoms with E-state index < -0.39 is 17.4 Å². The van der Waals surface area contributed by atoms with Crippen LogP contribution in [-0.4, -0.2) is 48.6 Å². The molecule has 8 heteroatoms. The molecule has 0 radical (unpaired) electrons. The van der Waals surface area contributed by atoms with Crippen LogP contribution in [0.25, 0.3) is 0 Å². The molecular formula is C23H43N3O4Pt. The van der Waals surface area contributed by atoms with Gasteiger partial charge < -0.3 is 36.2 Å². The Morgan fingerprint density at radius 2 is 1.26 bits per heavy atom. The van der Waals surface area contributed by atoms with Crippen LogP contribution in [0, 0.1) is 5.41 Å². The summed E-state index contributed by atoms with van der Waals surface area (Å²) in [7, 11) is 0. The van der Waals surface area contributed by atoms with Crippen LogP contribution >= 0.6 is 0 Å². The van der Waals surface area contributed by atoms with E-state index in [4.69, 9.17) is 11.5 Å². The van der Waals surface area contributed by atoms with Crippen molar-refractivity contribution in [1.82, 2.24) is 4.90 Å². The van der Waals surface area contributed by atoms with E-state index in [1.165, 1.54) is 70.6 Å². The number of carboxylic acid groups (broad SMARTS) is 2. The molecule has 7 nitrogen and oxygen atoms in total. The molecule has 1 saturated heterocycles. The van der Waals surface area contributed by atoms with Gasteiger partial charge in [-0.2, -0.15) is 0 Å². The van der Waals surface area contributed by atoms with Crippen molar-refractivity contribution < 1.29 is 40.9 Å². The van der Waals surface area contributed by atoms with Crippen molar-refractivity contribution in [1.29, 1.82) is 0 Å². The summed E-state index contributed by atoms with van der Waals surface area (Å²) in [6.45, 7) is 4.35. The maximum absolute atomic E-state index is 11.0. The van der Waals surface area contributed by atoms with Crippen molar-refractivity contribution in [3.63, 3.8) is 0 Å². The molecule has 0 spiro atoms. The molecule has 0 aromatic rings. The van der Waals surface area contributed by atoms with E-state index in [1.807, 2.05) is 0 Å². The maximum atomic E-state index is 11.0. The molecule has 0 bridgehead atoms. The molecule has 4 N–H and O–H groups in total. The zero-order valence-corrected chi connectivity index (χ0v) is 21.5.